The van der Waals surface area contributed by atoms with Gasteiger partial charge in [0.25, 0.3) is 11.8 Å². The molecule has 0 spiro atoms. The number of benzene rings is 3. The SMILES string of the molecule is O=C(Nc1ccccc1C(=O)NC1CCCCC1)c1ccc(NC(=O)C2CC(=O)N(c3ccccc3)C2)cc1. The Labute approximate surface area is 227 Å². The summed E-state index contributed by atoms with van der Waals surface area (Å²) in [4.78, 5) is 52.8. The Hall–Kier alpha value is -4.46. The Morgan fingerprint density at radius 3 is 2.18 bits per heavy atom. The van der Waals surface area contributed by atoms with E-state index in [1.807, 2.05) is 30.3 Å². The molecule has 1 saturated carbocycles. The molecule has 8 heteroatoms. The number of anilines is 3. The van der Waals surface area contributed by atoms with E-state index in [2.05, 4.69) is 16.0 Å². The maximum Gasteiger partial charge on any atom is 0.255 e. The van der Waals surface area contributed by atoms with Gasteiger partial charge < -0.3 is 20.9 Å². The minimum Gasteiger partial charge on any atom is -0.349 e. The van der Waals surface area contributed by atoms with E-state index in [1.54, 1.807) is 53.4 Å². The first-order valence-corrected chi connectivity index (χ1v) is 13.5. The number of hydrogen-bond donors (Lipinski definition) is 3. The Morgan fingerprint density at radius 2 is 1.44 bits per heavy atom. The molecule has 1 saturated heterocycles. The van der Waals surface area contributed by atoms with Gasteiger partial charge in [0, 0.05) is 35.9 Å². The zero-order chi connectivity index (χ0) is 27.2. The van der Waals surface area contributed by atoms with Crippen molar-refractivity contribution in [2.45, 2.75) is 44.6 Å². The molecule has 2 fully saturated rings. The highest BCUT2D eigenvalue weighted by Crippen LogP contribution is 2.26. The summed E-state index contributed by atoms with van der Waals surface area (Å²) in [5.74, 6) is -1.33. The van der Waals surface area contributed by atoms with Gasteiger partial charge in [-0.2, -0.15) is 0 Å². The number of carbonyl (C=O) groups is 4. The normalized spacial score (nSPS) is 17.5. The Kier molecular flexibility index (Phi) is 8.01. The molecule has 0 radical (unpaired) electrons. The summed E-state index contributed by atoms with van der Waals surface area (Å²) in [6, 6.07) is 23.0. The van der Waals surface area contributed by atoms with Crippen LogP contribution in [0.3, 0.4) is 0 Å². The average molecular weight is 525 g/mol. The van der Waals surface area contributed by atoms with Crippen LogP contribution in [0, 0.1) is 5.92 Å². The van der Waals surface area contributed by atoms with Gasteiger partial charge >= 0.3 is 0 Å². The molecule has 0 aromatic heterocycles. The maximum absolute atomic E-state index is 13.0. The average Bonchev–Trinajstić information content (AvgIpc) is 3.36. The topological polar surface area (TPSA) is 108 Å². The molecule has 39 heavy (non-hydrogen) atoms. The third-order valence-electron chi connectivity index (χ3n) is 7.34. The molecule has 3 aromatic carbocycles. The fourth-order valence-electron chi connectivity index (χ4n) is 5.18. The summed E-state index contributed by atoms with van der Waals surface area (Å²) in [5.41, 5.74) is 2.58. The van der Waals surface area contributed by atoms with Crippen LogP contribution in [0.25, 0.3) is 0 Å². The van der Waals surface area contributed by atoms with Crippen molar-refractivity contribution < 1.29 is 19.2 Å². The lowest BCUT2D eigenvalue weighted by atomic mass is 9.95. The van der Waals surface area contributed by atoms with Crippen molar-refractivity contribution in [3.63, 3.8) is 0 Å². The molecule has 3 aromatic rings. The van der Waals surface area contributed by atoms with Gasteiger partial charge in [-0.15, -0.1) is 0 Å². The molecule has 1 heterocycles. The molecule has 200 valence electrons. The van der Waals surface area contributed by atoms with E-state index in [1.165, 1.54) is 6.42 Å². The molecule has 1 aliphatic carbocycles. The number of rotatable bonds is 7. The molecule has 8 nitrogen and oxygen atoms in total. The highest BCUT2D eigenvalue weighted by Gasteiger charge is 2.35. The number of nitrogens with one attached hydrogen (secondary N) is 3. The predicted molar refractivity (Wildman–Crippen MR) is 151 cm³/mol. The molecule has 4 amide bonds. The summed E-state index contributed by atoms with van der Waals surface area (Å²) in [6.07, 6.45) is 5.54. The molecule has 1 atom stereocenters. The van der Waals surface area contributed by atoms with E-state index in [-0.39, 0.29) is 36.1 Å². The van der Waals surface area contributed by atoms with Crippen LogP contribution < -0.4 is 20.9 Å². The van der Waals surface area contributed by atoms with Crippen molar-refractivity contribution in [3.8, 4) is 0 Å². The molecule has 0 bridgehead atoms. The highest BCUT2D eigenvalue weighted by atomic mass is 16.2. The van der Waals surface area contributed by atoms with Crippen LogP contribution in [0.5, 0.6) is 0 Å². The molecular weight excluding hydrogens is 492 g/mol. The van der Waals surface area contributed by atoms with E-state index < -0.39 is 5.92 Å². The smallest absolute Gasteiger partial charge is 0.255 e. The molecule has 1 unspecified atom stereocenters. The summed E-state index contributed by atoms with van der Waals surface area (Å²) in [6.45, 7) is 0.322. The van der Waals surface area contributed by atoms with Gasteiger partial charge in [0.05, 0.1) is 17.2 Å². The molecule has 2 aliphatic rings. The van der Waals surface area contributed by atoms with Gasteiger partial charge in [-0.1, -0.05) is 49.6 Å². The van der Waals surface area contributed by atoms with Crippen LogP contribution >= 0.6 is 0 Å². The van der Waals surface area contributed by atoms with Crippen LogP contribution in [0.1, 0.15) is 59.2 Å². The first-order valence-electron chi connectivity index (χ1n) is 13.5. The molecule has 1 aliphatic heterocycles. The fourth-order valence-corrected chi connectivity index (χ4v) is 5.18. The largest absolute Gasteiger partial charge is 0.349 e. The van der Waals surface area contributed by atoms with E-state index in [9.17, 15) is 19.2 Å². The number of carbonyl (C=O) groups excluding carboxylic acids is 4. The van der Waals surface area contributed by atoms with Gasteiger partial charge in [-0.3, -0.25) is 19.2 Å². The summed E-state index contributed by atoms with van der Waals surface area (Å²) < 4.78 is 0. The van der Waals surface area contributed by atoms with Gasteiger partial charge in [0.2, 0.25) is 11.8 Å². The number of hydrogen-bond acceptors (Lipinski definition) is 4. The van der Waals surface area contributed by atoms with Gasteiger partial charge in [-0.05, 0) is 61.4 Å². The molecule has 3 N–H and O–H groups in total. The number of nitrogens with zero attached hydrogens (tertiary/aromatic N) is 1. The van der Waals surface area contributed by atoms with Gasteiger partial charge in [0.1, 0.15) is 0 Å². The van der Waals surface area contributed by atoms with Crippen LogP contribution in [0.2, 0.25) is 0 Å². The second kappa shape index (κ2) is 11.9. The Balaban J connectivity index is 1.18. The zero-order valence-corrected chi connectivity index (χ0v) is 21.7. The van der Waals surface area contributed by atoms with E-state index in [4.69, 9.17) is 0 Å². The third kappa shape index (κ3) is 6.34. The first-order chi connectivity index (χ1) is 19.0. The van der Waals surface area contributed by atoms with E-state index >= 15 is 0 Å². The minimum absolute atomic E-state index is 0.0823. The molecule has 5 rings (SSSR count). The lowest BCUT2D eigenvalue weighted by molar-refractivity contribution is -0.122. The van der Waals surface area contributed by atoms with Crippen LogP contribution in [-0.2, 0) is 9.59 Å². The van der Waals surface area contributed by atoms with Crippen molar-refractivity contribution in [2.75, 3.05) is 22.1 Å². The van der Waals surface area contributed by atoms with Crippen molar-refractivity contribution in [1.82, 2.24) is 5.32 Å². The van der Waals surface area contributed by atoms with Crippen LogP contribution in [0.4, 0.5) is 17.1 Å². The first kappa shape index (κ1) is 26.2. The lowest BCUT2D eigenvalue weighted by Gasteiger charge is -2.23. The second-order valence-corrected chi connectivity index (χ2v) is 10.1. The van der Waals surface area contributed by atoms with Gasteiger partial charge in [0.15, 0.2) is 0 Å². The van der Waals surface area contributed by atoms with Crippen molar-refractivity contribution in [1.29, 1.82) is 0 Å². The minimum atomic E-state index is -0.461. The number of para-hydroxylation sites is 2. The second-order valence-electron chi connectivity index (χ2n) is 10.1. The van der Waals surface area contributed by atoms with Crippen molar-refractivity contribution >= 4 is 40.7 Å². The highest BCUT2D eigenvalue weighted by molar-refractivity contribution is 6.09. The quantitative estimate of drug-likeness (QED) is 0.405. The Bertz CT molecular complexity index is 1350. The monoisotopic (exact) mass is 524 g/mol. The lowest BCUT2D eigenvalue weighted by Crippen LogP contribution is -2.36. The fraction of sp³-hybridized carbons (Fsp3) is 0.290. The summed E-state index contributed by atoms with van der Waals surface area (Å²) in [5, 5.41) is 8.80. The van der Waals surface area contributed by atoms with E-state index in [0.29, 0.717) is 29.0 Å². The van der Waals surface area contributed by atoms with Crippen molar-refractivity contribution in [3.05, 3.63) is 90.0 Å². The Morgan fingerprint density at radius 1 is 0.744 bits per heavy atom. The van der Waals surface area contributed by atoms with Crippen molar-refractivity contribution in [2.24, 2.45) is 5.92 Å². The van der Waals surface area contributed by atoms with Crippen LogP contribution in [0.15, 0.2) is 78.9 Å². The standard InChI is InChI=1S/C31H32N4O4/c36-28-19-22(20-35(28)25-11-5-2-6-12-25)30(38)32-24-17-15-21(16-18-24)29(37)34-27-14-8-7-13-26(27)31(39)33-23-9-3-1-4-10-23/h2,5-8,11-18,22-23H,1,3-4,9-10,19-20H2,(H,32,38)(H,33,39)(H,34,37). The van der Waals surface area contributed by atoms with Crippen LogP contribution in [-0.4, -0.2) is 36.2 Å². The maximum atomic E-state index is 13.0. The van der Waals surface area contributed by atoms with E-state index in [0.717, 1.165) is 31.4 Å². The van der Waals surface area contributed by atoms with Gasteiger partial charge in [-0.25, -0.2) is 0 Å². The number of amides is 4. The molecular formula is C31H32N4O4. The summed E-state index contributed by atoms with van der Waals surface area (Å²) >= 11 is 0. The zero-order valence-electron chi connectivity index (χ0n) is 21.7. The predicted octanol–water partition coefficient (Wildman–Crippen LogP) is 4.99. The third-order valence-corrected chi connectivity index (χ3v) is 7.34. The summed E-state index contributed by atoms with van der Waals surface area (Å²) in [7, 11) is 0.